The third-order valence-corrected chi connectivity index (χ3v) is 5.53. The lowest BCUT2D eigenvalue weighted by molar-refractivity contribution is 0.300. The maximum absolute atomic E-state index is 6.35. The van der Waals surface area contributed by atoms with E-state index >= 15 is 0 Å². The highest BCUT2D eigenvalue weighted by molar-refractivity contribution is 6.55. The number of aryl methyl sites for hydroxylation is 1. The van der Waals surface area contributed by atoms with Gasteiger partial charge in [0.15, 0.2) is 5.75 Å². The molecule has 3 aromatic rings. The van der Waals surface area contributed by atoms with Crippen LogP contribution in [-0.2, 0) is 5.54 Å². The van der Waals surface area contributed by atoms with Crippen molar-refractivity contribution in [2.45, 2.75) is 40.2 Å². The molecule has 0 saturated carbocycles. The minimum atomic E-state index is -0.215. The molecule has 0 aliphatic heterocycles. The normalized spacial score (nSPS) is 11.3. The maximum atomic E-state index is 6.35. The van der Waals surface area contributed by atoms with Crippen molar-refractivity contribution in [2.75, 3.05) is 6.61 Å². The van der Waals surface area contributed by atoms with Crippen LogP contribution in [0, 0.1) is 13.8 Å². The Morgan fingerprint density at radius 1 is 0.939 bits per heavy atom. The summed E-state index contributed by atoms with van der Waals surface area (Å²) in [5.41, 5.74) is 1.71. The number of rotatable bonds is 7. The minimum absolute atomic E-state index is 0.118. The van der Waals surface area contributed by atoms with Crippen molar-refractivity contribution in [1.82, 2.24) is 9.78 Å². The van der Waals surface area contributed by atoms with Crippen LogP contribution in [0.3, 0.4) is 0 Å². The molecule has 3 rings (SSSR count). The van der Waals surface area contributed by atoms with Gasteiger partial charge in [0.1, 0.15) is 28.3 Å². The maximum Gasteiger partial charge on any atom is 0.221 e. The number of halogens is 4. The summed E-state index contributed by atoms with van der Waals surface area (Å²) >= 11 is 23.9. The number of hydrogen-bond acceptors (Lipinski definition) is 4. The minimum Gasteiger partial charge on any atom is -0.489 e. The molecule has 2 aromatic carbocycles. The van der Waals surface area contributed by atoms with E-state index in [0.717, 1.165) is 11.3 Å². The molecule has 1 aromatic heterocycles. The number of aromatic nitrogens is 2. The van der Waals surface area contributed by atoms with E-state index in [0.29, 0.717) is 38.9 Å². The first-order chi connectivity index (χ1) is 15.5. The summed E-state index contributed by atoms with van der Waals surface area (Å²) in [5.74, 6) is 2.70. The largest absolute Gasteiger partial charge is 0.489 e. The molecule has 9 heteroatoms. The van der Waals surface area contributed by atoms with E-state index in [4.69, 9.17) is 60.6 Å². The molecule has 0 unspecified atom stereocenters. The quantitative estimate of drug-likeness (QED) is 0.306. The van der Waals surface area contributed by atoms with Gasteiger partial charge >= 0.3 is 0 Å². The molecule has 5 nitrogen and oxygen atoms in total. The predicted octanol–water partition coefficient (Wildman–Crippen LogP) is 8.84. The van der Waals surface area contributed by atoms with Gasteiger partial charge in [-0.1, -0.05) is 46.4 Å². The van der Waals surface area contributed by atoms with Crippen LogP contribution in [0.15, 0.2) is 47.0 Å². The Labute approximate surface area is 213 Å². The van der Waals surface area contributed by atoms with Crippen molar-refractivity contribution in [3.8, 4) is 28.9 Å². The molecule has 1 heterocycles. The summed E-state index contributed by atoms with van der Waals surface area (Å²) in [6, 6.07) is 10.4. The zero-order chi connectivity index (χ0) is 24.3. The van der Waals surface area contributed by atoms with Crippen LogP contribution in [0.25, 0.3) is 0 Å². The molecule has 0 aliphatic rings. The zero-order valence-electron chi connectivity index (χ0n) is 18.9. The van der Waals surface area contributed by atoms with Gasteiger partial charge < -0.3 is 14.2 Å². The second-order valence-electron chi connectivity index (χ2n) is 8.29. The van der Waals surface area contributed by atoms with Crippen molar-refractivity contribution < 1.29 is 14.2 Å². The molecule has 0 fully saturated rings. The summed E-state index contributed by atoms with van der Waals surface area (Å²) in [6.45, 7) is 10.4. The van der Waals surface area contributed by atoms with Gasteiger partial charge in [0, 0.05) is 17.7 Å². The van der Waals surface area contributed by atoms with E-state index in [-0.39, 0.29) is 16.6 Å². The second kappa shape index (κ2) is 10.5. The smallest absolute Gasteiger partial charge is 0.221 e. The fourth-order valence-corrected chi connectivity index (χ4v) is 3.55. The third kappa shape index (κ3) is 6.51. The molecule has 0 atom stereocenters. The SMILES string of the molecule is Cc1nn(C(C)(C)C)c(Oc2ccc(Oc3c(Cl)cc(OCC=C(Cl)Cl)cc3Cl)cc2)c1C. The highest BCUT2D eigenvalue weighted by Crippen LogP contribution is 2.40. The van der Waals surface area contributed by atoms with Crippen molar-refractivity contribution in [3.63, 3.8) is 0 Å². The van der Waals surface area contributed by atoms with Gasteiger partial charge in [-0.2, -0.15) is 5.10 Å². The second-order valence-corrected chi connectivity index (χ2v) is 10.1. The molecular formula is C24H24Cl4N2O3. The van der Waals surface area contributed by atoms with Gasteiger partial charge in [-0.05, 0) is 65.0 Å². The van der Waals surface area contributed by atoms with E-state index in [2.05, 4.69) is 25.9 Å². The molecule has 0 spiro atoms. The van der Waals surface area contributed by atoms with Crippen LogP contribution in [0.2, 0.25) is 10.0 Å². The van der Waals surface area contributed by atoms with Crippen LogP contribution in [0.4, 0.5) is 0 Å². The molecule has 0 radical (unpaired) electrons. The topological polar surface area (TPSA) is 45.5 Å². The van der Waals surface area contributed by atoms with Crippen molar-refractivity contribution in [1.29, 1.82) is 0 Å². The number of benzene rings is 2. The molecule has 0 saturated heterocycles. The Morgan fingerprint density at radius 2 is 1.48 bits per heavy atom. The zero-order valence-corrected chi connectivity index (χ0v) is 21.9. The van der Waals surface area contributed by atoms with Gasteiger partial charge in [-0.15, -0.1) is 0 Å². The standard InChI is InChI=1S/C24H24Cl4N2O3/c1-14-15(2)29-30(24(3,4)5)23(14)33-17-8-6-16(7-9-17)32-22-19(25)12-18(13-20(22)26)31-11-10-21(27)28/h6-10,12-13H,11H2,1-5H3. The first-order valence-corrected chi connectivity index (χ1v) is 11.6. The average Bonchev–Trinajstić information content (AvgIpc) is 3.00. The predicted molar refractivity (Wildman–Crippen MR) is 135 cm³/mol. The molecular weight excluding hydrogens is 506 g/mol. The summed E-state index contributed by atoms with van der Waals surface area (Å²) < 4.78 is 19.6. The Hall–Kier alpha value is -2.05. The van der Waals surface area contributed by atoms with Crippen LogP contribution in [-0.4, -0.2) is 16.4 Å². The van der Waals surface area contributed by atoms with E-state index in [1.807, 2.05) is 30.7 Å². The Kier molecular flexibility index (Phi) is 8.12. The molecule has 0 amide bonds. The average molecular weight is 530 g/mol. The van der Waals surface area contributed by atoms with Crippen molar-refractivity contribution in [3.05, 3.63) is 68.3 Å². The van der Waals surface area contributed by atoms with Crippen LogP contribution in [0.1, 0.15) is 32.0 Å². The van der Waals surface area contributed by atoms with E-state index < -0.39 is 0 Å². The van der Waals surface area contributed by atoms with E-state index in [9.17, 15) is 0 Å². The van der Waals surface area contributed by atoms with E-state index in [1.54, 1.807) is 24.3 Å². The number of hydrogen-bond donors (Lipinski definition) is 0. The molecule has 0 aliphatic carbocycles. The lowest BCUT2D eigenvalue weighted by atomic mass is 10.1. The fourth-order valence-electron chi connectivity index (χ4n) is 2.88. The molecule has 33 heavy (non-hydrogen) atoms. The highest BCUT2D eigenvalue weighted by Gasteiger charge is 2.23. The van der Waals surface area contributed by atoms with Gasteiger partial charge in [-0.25, -0.2) is 4.68 Å². The van der Waals surface area contributed by atoms with Gasteiger partial charge in [0.25, 0.3) is 0 Å². The van der Waals surface area contributed by atoms with Gasteiger partial charge in [0.05, 0.1) is 21.3 Å². The fraction of sp³-hybridized carbons (Fsp3) is 0.292. The third-order valence-electron chi connectivity index (χ3n) is 4.66. The van der Waals surface area contributed by atoms with Crippen LogP contribution < -0.4 is 14.2 Å². The Morgan fingerprint density at radius 3 is 2.00 bits per heavy atom. The summed E-state index contributed by atoms with van der Waals surface area (Å²) in [4.78, 5) is 0. The highest BCUT2D eigenvalue weighted by atomic mass is 35.5. The Bertz CT molecular complexity index is 1140. The first-order valence-electron chi connectivity index (χ1n) is 10.1. The Balaban J connectivity index is 1.75. The molecule has 0 N–H and O–H groups in total. The molecule has 176 valence electrons. The lowest BCUT2D eigenvalue weighted by Crippen LogP contribution is -2.23. The van der Waals surface area contributed by atoms with Gasteiger partial charge in [-0.3, -0.25) is 0 Å². The van der Waals surface area contributed by atoms with Crippen molar-refractivity contribution >= 4 is 46.4 Å². The van der Waals surface area contributed by atoms with Gasteiger partial charge in [0.2, 0.25) is 5.88 Å². The van der Waals surface area contributed by atoms with Crippen molar-refractivity contribution in [2.24, 2.45) is 0 Å². The summed E-state index contributed by atoms with van der Waals surface area (Å²) in [6.07, 6.45) is 1.51. The van der Waals surface area contributed by atoms with E-state index in [1.165, 1.54) is 6.08 Å². The molecule has 0 bridgehead atoms. The van der Waals surface area contributed by atoms with Crippen LogP contribution in [0.5, 0.6) is 28.9 Å². The monoisotopic (exact) mass is 528 g/mol. The lowest BCUT2D eigenvalue weighted by Gasteiger charge is -2.22. The first kappa shape index (κ1) is 25.6. The summed E-state index contributed by atoms with van der Waals surface area (Å²) in [5, 5.41) is 5.22. The van der Waals surface area contributed by atoms with Crippen LogP contribution >= 0.6 is 46.4 Å². The number of nitrogens with zero attached hydrogens (tertiary/aromatic N) is 2. The summed E-state index contributed by atoms with van der Waals surface area (Å²) in [7, 11) is 0. The number of ether oxygens (including phenoxy) is 3.